The third-order valence-corrected chi connectivity index (χ3v) is 5.75. The van der Waals surface area contributed by atoms with Crippen molar-refractivity contribution >= 4 is 18.7 Å². The molecule has 0 aromatic heterocycles. The fourth-order valence-corrected chi connectivity index (χ4v) is 3.56. The number of halogens is 1. The van der Waals surface area contributed by atoms with Crippen molar-refractivity contribution in [2.45, 2.75) is 64.6 Å². The predicted molar refractivity (Wildman–Crippen MR) is 93.5 cm³/mol. The molecule has 3 rings (SSSR count). The van der Waals surface area contributed by atoms with Crippen LogP contribution in [0, 0.1) is 12.7 Å². The number of rotatable bonds is 3. The molecule has 1 saturated heterocycles. The predicted octanol–water partition coefficient (Wildman–Crippen LogP) is 2.56. The van der Waals surface area contributed by atoms with Crippen LogP contribution in [0.25, 0.3) is 0 Å². The summed E-state index contributed by atoms with van der Waals surface area (Å²) in [5, 5.41) is 0. The lowest BCUT2D eigenvalue weighted by Gasteiger charge is -2.32. The van der Waals surface area contributed by atoms with Gasteiger partial charge >= 0.3 is 13.2 Å². The van der Waals surface area contributed by atoms with E-state index in [1.807, 2.05) is 40.7 Å². The SMILES string of the molecule is Cc1cc2c(c(F)c1B1OC(C)(C)C(C)(C)O1)CCC2COC(N)=O. The molecule has 1 fully saturated rings. The van der Waals surface area contributed by atoms with Crippen molar-refractivity contribution in [2.24, 2.45) is 5.73 Å². The Hall–Kier alpha value is -1.60. The van der Waals surface area contributed by atoms with E-state index in [-0.39, 0.29) is 18.3 Å². The van der Waals surface area contributed by atoms with Gasteiger partial charge in [-0.1, -0.05) is 6.07 Å². The first-order chi connectivity index (χ1) is 11.5. The van der Waals surface area contributed by atoms with E-state index < -0.39 is 24.4 Å². The van der Waals surface area contributed by atoms with Crippen molar-refractivity contribution in [3.05, 3.63) is 28.6 Å². The lowest BCUT2D eigenvalue weighted by Crippen LogP contribution is -2.41. The highest BCUT2D eigenvalue weighted by Gasteiger charge is 2.53. The van der Waals surface area contributed by atoms with Gasteiger partial charge in [0.15, 0.2) is 0 Å². The Morgan fingerprint density at radius 1 is 1.36 bits per heavy atom. The molecule has 1 aromatic rings. The Kier molecular flexibility index (Phi) is 4.36. The van der Waals surface area contributed by atoms with Crippen LogP contribution in [0.1, 0.15) is 56.7 Å². The highest BCUT2D eigenvalue weighted by atomic mass is 19.1. The first kappa shape index (κ1) is 18.2. The van der Waals surface area contributed by atoms with Crippen LogP contribution >= 0.6 is 0 Å². The zero-order valence-electron chi connectivity index (χ0n) is 15.4. The molecule has 2 N–H and O–H groups in total. The standard InChI is InChI=1S/C18H25BFNO4/c1-10-8-13-11(9-23-16(21)22)6-7-12(13)15(20)14(10)19-24-17(2,3)18(4,5)25-19/h8,11H,6-7,9H2,1-5H3,(H2,21,22). The van der Waals surface area contributed by atoms with Crippen molar-refractivity contribution in [2.75, 3.05) is 6.61 Å². The lowest BCUT2D eigenvalue weighted by atomic mass is 9.74. The maximum atomic E-state index is 15.3. The molecule has 5 nitrogen and oxygen atoms in total. The molecule has 1 atom stereocenters. The summed E-state index contributed by atoms with van der Waals surface area (Å²) in [4.78, 5) is 10.8. The fraction of sp³-hybridized carbons (Fsp3) is 0.611. The molecular weight excluding hydrogens is 324 g/mol. The molecule has 1 aliphatic carbocycles. The number of hydrogen-bond donors (Lipinski definition) is 1. The van der Waals surface area contributed by atoms with E-state index >= 15 is 4.39 Å². The second-order valence-corrected chi connectivity index (χ2v) is 7.94. The summed E-state index contributed by atoms with van der Waals surface area (Å²) in [5.74, 6) is -0.293. The van der Waals surface area contributed by atoms with Crippen molar-refractivity contribution in [1.82, 2.24) is 0 Å². The van der Waals surface area contributed by atoms with E-state index in [0.717, 1.165) is 17.5 Å². The number of fused-ring (bicyclic) bond motifs is 1. The Bertz CT molecular complexity index is 704. The lowest BCUT2D eigenvalue weighted by molar-refractivity contribution is 0.00578. The largest absolute Gasteiger partial charge is 0.498 e. The van der Waals surface area contributed by atoms with Crippen molar-refractivity contribution in [3.8, 4) is 0 Å². The van der Waals surface area contributed by atoms with Crippen LogP contribution in [0.5, 0.6) is 0 Å². The fourth-order valence-electron chi connectivity index (χ4n) is 3.56. The van der Waals surface area contributed by atoms with Gasteiger partial charge in [0.05, 0.1) is 11.2 Å². The first-order valence-electron chi connectivity index (χ1n) is 8.63. The van der Waals surface area contributed by atoms with Crippen molar-refractivity contribution in [3.63, 3.8) is 0 Å². The summed E-state index contributed by atoms with van der Waals surface area (Å²) < 4.78 is 32.2. The number of hydrogen-bond acceptors (Lipinski definition) is 4. The topological polar surface area (TPSA) is 70.8 Å². The van der Waals surface area contributed by atoms with Crippen LogP contribution in [0.3, 0.4) is 0 Å². The maximum Gasteiger partial charge on any atom is 0.498 e. The molecule has 25 heavy (non-hydrogen) atoms. The number of carbonyl (C=O) groups excluding carboxylic acids is 1. The minimum absolute atomic E-state index is 0.0250. The molecule has 2 aliphatic rings. The van der Waals surface area contributed by atoms with Gasteiger partial charge < -0.3 is 19.8 Å². The third kappa shape index (κ3) is 3.04. The molecule has 0 spiro atoms. The quantitative estimate of drug-likeness (QED) is 0.852. The molecule has 1 heterocycles. The summed E-state index contributed by atoms with van der Waals surface area (Å²) in [6, 6.07) is 1.96. The Morgan fingerprint density at radius 3 is 2.52 bits per heavy atom. The van der Waals surface area contributed by atoms with E-state index in [1.165, 1.54) is 0 Å². The Balaban J connectivity index is 1.93. The molecule has 136 valence electrons. The molecule has 1 aliphatic heterocycles. The monoisotopic (exact) mass is 349 g/mol. The number of carbonyl (C=O) groups is 1. The minimum atomic E-state index is -0.806. The van der Waals surface area contributed by atoms with Gasteiger partial charge in [0.1, 0.15) is 12.4 Å². The Morgan fingerprint density at radius 2 is 1.96 bits per heavy atom. The normalized spacial score (nSPS) is 23.6. The van der Waals surface area contributed by atoms with Crippen LogP contribution in [0.2, 0.25) is 0 Å². The molecule has 1 aromatic carbocycles. The number of ether oxygens (including phenoxy) is 1. The molecule has 1 amide bonds. The zero-order valence-corrected chi connectivity index (χ0v) is 15.4. The summed E-state index contributed by atoms with van der Waals surface area (Å²) in [7, 11) is -0.726. The third-order valence-electron chi connectivity index (χ3n) is 5.75. The summed E-state index contributed by atoms with van der Waals surface area (Å²) in [5.41, 5.74) is 6.79. The zero-order chi connectivity index (χ0) is 18.6. The summed E-state index contributed by atoms with van der Waals surface area (Å²) in [6.07, 6.45) is 0.520. The average molecular weight is 349 g/mol. The van der Waals surface area contributed by atoms with Crippen LogP contribution < -0.4 is 11.2 Å². The number of primary amides is 1. The van der Waals surface area contributed by atoms with Gasteiger partial charge in [0.2, 0.25) is 0 Å². The number of aryl methyl sites for hydroxylation is 1. The van der Waals surface area contributed by atoms with Gasteiger partial charge in [0.25, 0.3) is 0 Å². The van der Waals surface area contributed by atoms with Gasteiger partial charge in [-0.25, -0.2) is 9.18 Å². The molecule has 1 unspecified atom stereocenters. The van der Waals surface area contributed by atoms with E-state index in [4.69, 9.17) is 19.8 Å². The smallest absolute Gasteiger partial charge is 0.449 e. The molecule has 0 bridgehead atoms. The van der Waals surface area contributed by atoms with Crippen LogP contribution in [0.4, 0.5) is 9.18 Å². The number of nitrogens with two attached hydrogens (primary N) is 1. The second kappa shape index (κ2) is 5.99. The Labute approximate surface area is 148 Å². The minimum Gasteiger partial charge on any atom is -0.449 e. The average Bonchev–Trinajstić information content (AvgIpc) is 2.95. The summed E-state index contributed by atoms with van der Waals surface area (Å²) in [6.45, 7) is 9.83. The highest BCUT2D eigenvalue weighted by molar-refractivity contribution is 6.62. The van der Waals surface area contributed by atoms with Crippen LogP contribution in [-0.2, 0) is 20.5 Å². The molecule has 0 saturated carbocycles. The highest BCUT2D eigenvalue weighted by Crippen LogP contribution is 2.39. The number of benzene rings is 1. The summed E-state index contributed by atoms with van der Waals surface area (Å²) >= 11 is 0. The van der Waals surface area contributed by atoms with Gasteiger partial charge in [-0.3, -0.25) is 0 Å². The van der Waals surface area contributed by atoms with E-state index in [0.29, 0.717) is 17.4 Å². The van der Waals surface area contributed by atoms with Crippen molar-refractivity contribution < 1.29 is 23.2 Å². The van der Waals surface area contributed by atoms with Crippen molar-refractivity contribution in [1.29, 1.82) is 0 Å². The first-order valence-corrected chi connectivity index (χ1v) is 8.63. The van der Waals surface area contributed by atoms with E-state index in [2.05, 4.69) is 0 Å². The number of amides is 1. The van der Waals surface area contributed by atoms with Gasteiger partial charge in [-0.05, 0) is 64.2 Å². The van der Waals surface area contributed by atoms with Gasteiger partial charge in [-0.2, -0.15) is 0 Å². The molecule has 0 radical (unpaired) electrons. The molecular formula is C18H25BFNO4. The molecule has 7 heteroatoms. The second-order valence-electron chi connectivity index (χ2n) is 7.94. The van der Waals surface area contributed by atoms with E-state index in [9.17, 15) is 4.79 Å². The van der Waals surface area contributed by atoms with Gasteiger partial charge in [-0.15, -0.1) is 0 Å². The van der Waals surface area contributed by atoms with Crippen LogP contribution in [0.15, 0.2) is 6.07 Å². The van der Waals surface area contributed by atoms with E-state index in [1.54, 1.807) is 0 Å². The van der Waals surface area contributed by atoms with Gasteiger partial charge in [0, 0.05) is 11.4 Å². The maximum absolute atomic E-state index is 15.3. The van der Waals surface area contributed by atoms with Crippen LogP contribution in [-0.4, -0.2) is 31.0 Å².